The molecule has 0 saturated carbocycles. The van der Waals surface area contributed by atoms with Crippen LogP contribution in [0.3, 0.4) is 0 Å². The summed E-state index contributed by atoms with van der Waals surface area (Å²) in [5, 5.41) is 5.97. The van der Waals surface area contributed by atoms with Gasteiger partial charge in [-0.2, -0.15) is 0 Å². The zero-order chi connectivity index (χ0) is 18.5. The molecule has 0 radical (unpaired) electrons. The number of nitrogens with one attached hydrogen (secondary N) is 2. The van der Waals surface area contributed by atoms with Gasteiger partial charge in [0, 0.05) is 5.69 Å². The van der Waals surface area contributed by atoms with Crippen molar-refractivity contribution >= 4 is 23.1 Å². The molecule has 132 valence electrons. The van der Waals surface area contributed by atoms with E-state index in [0.29, 0.717) is 11.6 Å². The second-order valence-corrected chi connectivity index (χ2v) is 5.94. The average molecular weight is 348 g/mol. The lowest BCUT2D eigenvalue weighted by Crippen LogP contribution is -2.14. The van der Waals surface area contributed by atoms with Crippen LogP contribution in [0.25, 0.3) is 0 Å². The lowest BCUT2D eigenvalue weighted by Gasteiger charge is -2.11. The molecule has 0 spiro atoms. The molecule has 1 aromatic heterocycles. The molecule has 0 saturated heterocycles. The first-order chi connectivity index (χ1) is 12.5. The first-order valence-corrected chi connectivity index (χ1v) is 8.17. The number of aromatic nitrogens is 2. The quantitative estimate of drug-likeness (QED) is 0.726. The maximum absolute atomic E-state index is 12.3. The van der Waals surface area contributed by atoms with Gasteiger partial charge in [0.2, 0.25) is 0 Å². The van der Waals surface area contributed by atoms with Crippen LogP contribution < -0.4 is 15.4 Å². The van der Waals surface area contributed by atoms with Gasteiger partial charge >= 0.3 is 0 Å². The van der Waals surface area contributed by atoms with E-state index in [1.165, 1.54) is 12.4 Å². The van der Waals surface area contributed by atoms with Crippen LogP contribution in [0.5, 0.6) is 5.75 Å². The maximum Gasteiger partial charge on any atom is 0.275 e. The molecule has 0 aliphatic heterocycles. The van der Waals surface area contributed by atoms with Gasteiger partial charge in [-0.1, -0.05) is 18.2 Å². The molecule has 0 bridgehead atoms. The number of hydrogen-bond donors (Lipinski definition) is 2. The molecule has 6 nitrogen and oxygen atoms in total. The third kappa shape index (κ3) is 4.16. The minimum atomic E-state index is -0.303. The number of nitrogens with zero attached hydrogens (tertiary/aromatic N) is 2. The maximum atomic E-state index is 12.3. The van der Waals surface area contributed by atoms with Gasteiger partial charge < -0.3 is 15.4 Å². The Morgan fingerprint density at radius 3 is 2.50 bits per heavy atom. The zero-order valence-electron chi connectivity index (χ0n) is 14.9. The molecule has 1 amide bonds. The molecule has 0 unspecified atom stereocenters. The fourth-order valence-corrected chi connectivity index (χ4v) is 2.49. The van der Waals surface area contributed by atoms with Gasteiger partial charge in [0.05, 0.1) is 25.2 Å². The Kier molecular flexibility index (Phi) is 5.12. The van der Waals surface area contributed by atoms with Crippen LogP contribution in [0, 0.1) is 13.8 Å². The van der Waals surface area contributed by atoms with E-state index in [-0.39, 0.29) is 11.6 Å². The largest absolute Gasteiger partial charge is 0.495 e. The van der Waals surface area contributed by atoms with Crippen molar-refractivity contribution in [3.05, 3.63) is 71.7 Å². The van der Waals surface area contributed by atoms with E-state index >= 15 is 0 Å². The lowest BCUT2D eigenvalue weighted by atomic mass is 10.2. The summed E-state index contributed by atoms with van der Waals surface area (Å²) in [5.74, 6) is 0.933. The van der Waals surface area contributed by atoms with Crippen molar-refractivity contribution in [2.24, 2.45) is 0 Å². The van der Waals surface area contributed by atoms with E-state index in [9.17, 15) is 4.79 Å². The summed E-state index contributed by atoms with van der Waals surface area (Å²) >= 11 is 0. The van der Waals surface area contributed by atoms with Gasteiger partial charge in [-0.15, -0.1) is 0 Å². The fourth-order valence-electron chi connectivity index (χ4n) is 2.49. The predicted octanol–water partition coefficient (Wildman–Crippen LogP) is 4.10. The van der Waals surface area contributed by atoms with Gasteiger partial charge in [-0.25, -0.2) is 9.97 Å². The van der Waals surface area contributed by atoms with E-state index in [1.807, 2.05) is 56.3 Å². The van der Waals surface area contributed by atoms with Crippen LogP contribution >= 0.6 is 0 Å². The number of amides is 1. The van der Waals surface area contributed by atoms with E-state index in [2.05, 4.69) is 20.6 Å². The van der Waals surface area contributed by atoms with Gasteiger partial charge in [-0.3, -0.25) is 4.79 Å². The summed E-state index contributed by atoms with van der Waals surface area (Å²) < 4.78 is 5.34. The number of anilines is 3. The zero-order valence-corrected chi connectivity index (χ0v) is 14.9. The van der Waals surface area contributed by atoms with Crippen LogP contribution in [-0.4, -0.2) is 23.0 Å². The van der Waals surface area contributed by atoms with Crippen LogP contribution in [-0.2, 0) is 0 Å². The molecule has 6 heteroatoms. The van der Waals surface area contributed by atoms with E-state index in [0.717, 1.165) is 22.5 Å². The molecular formula is C20H20N4O2. The number of methoxy groups -OCH3 is 1. The van der Waals surface area contributed by atoms with Crippen molar-refractivity contribution < 1.29 is 9.53 Å². The predicted molar refractivity (Wildman–Crippen MR) is 102 cm³/mol. The van der Waals surface area contributed by atoms with Gasteiger partial charge in [-0.05, 0) is 49.2 Å². The topological polar surface area (TPSA) is 76.1 Å². The van der Waals surface area contributed by atoms with Crippen LogP contribution in [0.4, 0.5) is 17.2 Å². The number of aryl methyl sites for hydroxylation is 2. The number of rotatable bonds is 5. The second-order valence-electron chi connectivity index (χ2n) is 5.94. The number of ether oxygens (including phenoxy) is 1. The Morgan fingerprint density at radius 1 is 1.00 bits per heavy atom. The molecular weight excluding hydrogens is 328 g/mol. The van der Waals surface area contributed by atoms with Crippen LogP contribution in [0.1, 0.15) is 21.6 Å². The fraction of sp³-hybridized carbons (Fsp3) is 0.150. The minimum Gasteiger partial charge on any atom is -0.495 e. The van der Waals surface area contributed by atoms with Crippen LogP contribution in [0.15, 0.2) is 54.9 Å². The summed E-state index contributed by atoms with van der Waals surface area (Å²) in [6.45, 7) is 3.96. The Hall–Kier alpha value is -3.41. The number of hydrogen-bond acceptors (Lipinski definition) is 5. The molecule has 0 atom stereocenters. The minimum absolute atomic E-state index is 0.244. The van der Waals surface area contributed by atoms with Crippen molar-refractivity contribution in [1.29, 1.82) is 0 Å². The summed E-state index contributed by atoms with van der Waals surface area (Å²) in [4.78, 5) is 20.7. The number of carbonyl (C=O) groups excluding carboxylic acids is 1. The van der Waals surface area contributed by atoms with Crippen molar-refractivity contribution in [3.8, 4) is 5.75 Å². The van der Waals surface area contributed by atoms with Crippen molar-refractivity contribution in [3.63, 3.8) is 0 Å². The molecule has 0 aliphatic rings. The van der Waals surface area contributed by atoms with Crippen LogP contribution in [0.2, 0.25) is 0 Å². The third-order valence-electron chi connectivity index (χ3n) is 3.78. The lowest BCUT2D eigenvalue weighted by molar-refractivity contribution is 0.102. The van der Waals surface area contributed by atoms with Gasteiger partial charge in [0.25, 0.3) is 5.91 Å². The van der Waals surface area contributed by atoms with E-state index in [1.54, 1.807) is 7.11 Å². The highest BCUT2D eigenvalue weighted by molar-refractivity contribution is 6.02. The van der Waals surface area contributed by atoms with Gasteiger partial charge in [0.15, 0.2) is 0 Å². The Balaban J connectivity index is 1.72. The summed E-state index contributed by atoms with van der Waals surface area (Å²) in [6.07, 6.45) is 2.96. The molecule has 3 rings (SSSR count). The molecule has 26 heavy (non-hydrogen) atoms. The molecule has 0 fully saturated rings. The highest BCUT2D eigenvalue weighted by Gasteiger charge is 2.10. The smallest absolute Gasteiger partial charge is 0.275 e. The molecule has 0 aliphatic carbocycles. The molecule has 2 N–H and O–H groups in total. The summed E-state index contributed by atoms with van der Waals surface area (Å²) in [6, 6.07) is 13.4. The monoisotopic (exact) mass is 348 g/mol. The second kappa shape index (κ2) is 7.65. The molecule has 2 aromatic carbocycles. The standard InChI is InChI=1S/C20H20N4O2/c1-13-5-4-6-15(9-13)23-20(25)17-11-22-19(12-21-17)24-16-10-14(2)7-8-18(16)26-3/h4-12H,1-3H3,(H,22,24)(H,23,25). The van der Waals surface area contributed by atoms with E-state index in [4.69, 9.17) is 4.74 Å². The summed E-state index contributed by atoms with van der Waals surface area (Å²) in [5.41, 5.74) is 3.92. The number of carbonyl (C=O) groups is 1. The van der Waals surface area contributed by atoms with Crippen molar-refractivity contribution in [1.82, 2.24) is 9.97 Å². The normalized spacial score (nSPS) is 10.3. The Bertz CT molecular complexity index is 923. The van der Waals surface area contributed by atoms with Crippen molar-refractivity contribution in [2.75, 3.05) is 17.7 Å². The van der Waals surface area contributed by atoms with Crippen molar-refractivity contribution in [2.45, 2.75) is 13.8 Å². The molecule has 3 aromatic rings. The third-order valence-corrected chi connectivity index (χ3v) is 3.78. The summed E-state index contributed by atoms with van der Waals surface area (Å²) in [7, 11) is 1.61. The average Bonchev–Trinajstić information content (AvgIpc) is 2.62. The van der Waals surface area contributed by atoms with E-state index < -0.39 is 0 Å². The first-order valence-electron chi connectivity index (χ1n) is 8.17. The Labute approximate surface area is 152 Å². The highest BCUT2D eigenvalue weighted by Crippen LogP contribution is 2.27. The SMILES string of the molecule is COc1ccc(C)cc1Nc1cnc(C(=O)Nc2cccc(C)c2)cn1. The highest BCUT2D eigenvalue weighted by atomic mass is 16.5. The van der Waals surface area contributed by atoms with Gasteiger partial charge in [0.1, 0.15) is 17.3 Å². The Morgan fingerprint density at radius 2 is 1.81 bits per heavy atom. The number of benzene rings is 2. The first kappa shape index (κ1) is 17.4. The molecule has 1 heterocycles.